The van der Waals surface area contributed by atoms with E-state index in [0.29, 0.717) is 33.8 Å². The van der Waals surface area contributed by atoms with E-state index in [9.17, 15) is 4.79 Å². The Bertz CT molecular complexity index is 1500. The maximum absolute atomic E-state index is 13.9. The van der Waals surface area contributed by atoms with Crippen LogP contribution >= 0.6 is 11.8 Å². The number of carbonyl (C=O) groups excluding carboxylic acids is 1. The van der Waals surface area contributed by atoms with Crippen LogP contribution in [0.5, 0.6) is 11.5 Å². The van der Waals surface area contributed by atoms with Gasteiger partial charge in [-0.1, -0.05) is 66.4 Å². The molecule has 4 aromatic rings. The summed E-state index contributed by atoms with van der Waals surface area (Å²) in [6.07, 6.45) is 0.0155. The predicted molar refractivity (Wildman–Crippen MR) is 154 cm³/mol. The van der Waals surface area contributed by atoms with E-state index in [1.165, 1.54) is 5.56 Å². The summed E-state index contributed by atoms with van der Waals surface area (Å²) in [5.74, 6) is 2.36. The highest BCUT2D eigenvalue weighted by Crippen LogP contribution is 2.38. The SMILES string of the molecule is COc1ccccc1NC(=O)C1=C(C)Nc2nc(SCc3ccccc3)nn2C1c1cccc(OC(C)C)c1. The number of nitrogens with zero attached hydrogens (tertiary/aromatic N) is 3. The van der Waals surface area contributed by atoms with Crippen LogP contribution in [-0.4, -0.2) is 33.9 Å². The fourth-order valence-electron chi connectivity index (χ4n) is 4.48. The number of rotatable bonds is 9. The van der Waals surface area contributed by atoms with E-state index >= 15 is 0 Å². The molecule has 0 aliphatic carbocycles. The highest BCUT2D eigenvalue weighted by atomic mass is 32.2. The number of anilines is 2. The zero-order chi connectivity index (χ0) is 27.4. The van der Waals surface area contributed by atoms with Crippen LogP contribution in [0.15, 0.2) is 95.3 Å². The first-order valence-electron chi connectivity index (χ1n) is 12.7. The average Bonchev–Trinajstić information content (AvgIpc) is 3.34. The Labute approximate surface area is 232 Å². The number of amides is 1. The molecule has 0 saturated heterocycles. The Hall–Kier alpha value is -4.24. The van der Waals surface area contributed by atoms with Crippen molar-refractivity contribution in [3.05, 3.63) is 101 Å². The smallest absolute Gasteiger partial charge is 0.255 e. The second kappa shape index (κ2) is 11.7. The normalized spacial score (nSPS) is 14.5. The highest BCUT2D eigenvalue weighted by Gasteiger charge is 2.35. The minimum atomic E-state index is -0.523. The van der Waals surface area contributed by atoms with Crippen molar-refractivity contribution in [1.29, 1.82) is 0 Å². The molecular formula is C30H31N5O3S. The number of hydrogen-bond acceptors (Lipinski definition) is 7. The maximum atomic E-state index is 13.9. The fraction of sp³-hybridized carbons (Fsp3) is 0.233. The number of thioether (sulfide) groups is 1. The average molecular weight is 542 g/mol. The number of para-hydroxylation sites is 2. The number of carbonyl (C=O) groups is 1. The Morgan fingerprint density at radius 1 is 1.08 bits per heavy atom. The van der Waals surface area contributed by atoms with Crippen molar-refractivity contribution < 1.29 is 14.3 Å². The van der Waals surface area contributed by atoms with Gasteiger partial charge >= 0.3 is 0 Å². The van der Waals surface area contributed by atoms with E-state index < -0.39 is 6.04 Å². The van der Waals surface area contributed by atoms with Gasteiger partial charge in [0.15, 0.2) is 0 Å². The molecule has 2 N–H and O–H groups in total. The monoisotopic (exact) mass is 541 g/mol. The molecule has 5 rings (SSSR count). The van der Waals surface area contributed by atoms with Gasteiger partial charge in [0, 0.05) is 11.4 Å². The summed E-state index contributed by atoms with van der Waals surface area (Å²) in [7, 11) is 1.58. The highest BCUT2D eigenvalue weighted by molar-refractivity contribution is 7.98. The van der Waals surface area contributed by atoms with Gasteiger partial charge in [0.2, 0.25) is 11.1 Å². The first-order valence-corrected chi connectivity index (χ1v) is 13.7. The number of fused-ring (bicyclic) bond motifs is 1. The molecule has 1 aliphatic rings. The lowest BCUT2D eigenvalue weighted by atomic mass is 9.94. The van der Waals surface area contributed by atoms with Gasteiger partial charge < -0.3 is 20.1 Å². The van der Waals surface area contributed by atoms with Crippen molar-refractivity contribution >= 4 is 29.3 Å². The van der Waals surface area contributed by atoms with Crippen molar-refractivity contribution in [3.8, 4) is 11.5 Å². The van der Waals surface area contributed by atoms with Crippen LogP contribution in [0.3, 0.4) is 0 Å². The second-order valence-corrected chi connectivity index (χ2v) is 10.3. The molecule has 0 bridgehead atoms. The first-order chi connectivity index (χ1) is 18.9. The van der Waals surface area contributed by atoms with Crippen LogP contribution in [0.4, 0.5) is 11.6 Å². The van der Waals surface area contributed by atoms with Gasteiger partial charge in [0.25, 0.3) is 5.91 Å². The Morgan fingerprint density at radius 3 is 2.62 bits per heavy atom. The molecule has 9 heteroatoms. The van der Waals surface area contributed by atoms with Crippen molar-refractivity contribution in [3.63, 3.8) is 0 Å². The number of aromatic nitrogens is 3. The third kappa shape index (κ3) is 5.93. The number of allylic oxidation sites excluding steroid dienone is 1. The summed E-state index contributed by atoms with van der Waals surface area (Å²) in [5, 5.41) is 11.8. The predicted octanol–water partition coefficient (Wildman–Crippen LogP) is 6.29. The second-order valence-electron chi connectivity index (χ2n) is 9.40. The maximum Gasteiger partial charge on any atom is 0.255 e. The van der Waals surface area contributed by atoms with Crippen molar-refractivity contribution in [2.24, 2.45) is 0 Å². The van der Waals surface area contributed by atoms with Crippen LogP contribution in [0.1, 0.15) is 37.9 Å². The van der Waals surface area contributed by atoms with E-state index in [2.05, 4.69) is 22.8 Å². The van der Waals surface area contributed by atoms with E-state index in [0.717, 1.165) is 17.1 Å². The molecule has 0 radical (unpaired) electrons. The third-order valence-electron chi connectivity index (χ3n) is 6.19. The van der Waals surface area contributed by atoms with Gasteiger partial charge in [-0.15, -0.1) is 5.10 Å². The zero-order valence-electron chi connectivity index (χ0n) is 22.3. The summed E-state index contributed by atoms with van der Waals surface area (Å²) in [5.41, 5.74) is 3.86. The molecule has 1 aromatic heterocycles. The lowest BCUT2D eigenvalue weighted by molar-refractivity contribution is -0.113. The first kappa shape index (κ1) is 26.4. The number of nitrogens with one attached hydrogen (secondary N) is 2. The molecule has 0 fully saturated rings. The van der Waals surface area contributed by atoms with E-state index in [1.54, 1.807) is 23.6 Å². The van der Waals surface area contributed by atoms with Crippen molar-refractivity contribution in [2.75, 3.05) is 17.7 Å². The van der Waals surface area contributed by atoms with Crippen LogP contribution in [0, 0.1) is 0 Å². The Morgan fingerprint density at radius 2 is 1.85 bits per heavy atom. The molecule has 1 aliphatic heterocycles. The topological polar surface area (TPSA) is 90.3 Å². The van der Waals surface area contributed by atoms with Crippen molar-refractivity contribution in [1.82, 2.24) is 14.8 Å². The summed E-state index contributed by atoms with van der Waals surface area (Å²) in [4.78, 5) is 18.6. The van der Waals surface area contributed by atoms with Crippen molar-refractivity contribution in [2.45, 2.75) is 43.8 Å². The summed E-state index contributed by atoms with van der Waals surface area (Å²) >= 11 is 1.55. The zero-order valence-corrected chi connectivity index (χ0v) is 23.2. The molecule has 2 heterocycles. The number of methoxy groups -OCH3 is 1. The summed E-state index contributed by atoms with van der Waals surface area (Å²) < 4.78 is 13.2. The fourth-order valence-corrected chi connectivity index (χ4v) is 5.27. The van der Waals surface area contributed by atoms with E-state index in [4.69, 9.17) is 19.6 Å². The van der Waals surface area contributed by atoms with Crippen LogP contribution in [0.2, 0.25) is 0 Å². The molecule has 200 valence electrons. The van der Waals surface area contributed by atoms with Gasteiger partial charge in [0.1, 0.15) is 17.5 Å². The van der Waals surface area contributed by atoms with Gasteiger partial charge in [-0.3, -0.25) is 4.79 Å². The third-order valence-corrected chi connectivity index (χ3v) is 7.10. The molecular weight excluding hydrogens is 510 g/mol. The standard InChI is InChI=1S/C30H31N5O3S/c1-19(2)38-23-14-10-13-22(17-23)27-26(28(36)32-24-15-8-9-16-25(24)37-4)20(3)31-29-33-30(34-35(27)29)39-18-21-11-6-5-7-12-21/h5-17,19,27H,18H2,1-4H3,(H,32,36)(H,31,33,34). The summed E-state index contributed by atoms with van der Waals surface area (Å²) in [6, 6.07) is 24.8. The molecule has 0 spiro atoms. The Balaban J connectivity index is 1.52. The summed E-state index contributed by atoms with van der Waals surface area (Å²) in [6.45, 7) is 5.85. The minimum absolute atomic E-state index is 0.0155. The van der Waals surface area contributed by atoms with Gasteiger partial charge in [-0.25, -0.2) is 4.68 Å². The quantitative estimate of drug-likeness (QED) is 0.241. The molecule has 1 amide bonds. The Kier molecular flexibility index (Phi) is 7.88. The number of benzene rings is 3. The molecule has 1 atom stereocenters. The number of ether oxygens (including phenoxy) is 2. The van der Waals surface area contributed by atoms with E-state index in [1.807, 2.05) is 87.5 Å². The molecule has 3 aromatic carbocycles. The van der Waals surface area contributed by atoms with Crippen LogP contribution in [0.25, 0.3) is 0 Å². The molecule has 8 nitrogen and oxygen atoms in total. The molecule has 1 unspecified atom stereocenters. The van der Waals surface area contributed by atoms with Gasteiger partial charge in [-0.05, 0) is 56.2 Å². The van der Waals surface area contributed by atoms with Crippen LogP contribution < -0.4 is 20.1 Å². The largest absolute Gasteiger partial charge is 0.495 e. The van der Waals surface area contributed by atoms with Gasteiger partial charge in [-0.2, -0.15) is 4.98 Å². The number of hydrogen-bond donors (Lipinski definition) is 2. The minimum Gasteiger partial charge on any atom is -0.495 e. The lowest BCUT2D eigenvalue weighted by Crippen LogP contribution is -2.31. The van der Waals surface area contributed by atoms with E-state index in [-0.39, 0.29) is 12.0 Å². The molecule has 0 saturated carbocycles. The van der Waals surface area contributed by atoms with Gasteiger partial charge in [0.05, 0.1) is 24.5 Å². The molecule has 39 heavy (non-hydrogen) atoms. The lowest BCUT2D eigenvalue weighted by Gasteiger charge is -2.29. The van der Waals surface area contributed by atoms with Crippen LogP contribution in [-0.2, 0) is 10.5 Å².